The van der Waals surface area contributed by atoms with Gasteiger partial charge in [0, 0.05) is 13.0 Å². The average molecular weight is 223 g/mol. The van der Waals surface area contributed by atoms with Gasteiger partial charge in [-0.1, -0.05) is 12.1 Å². The molecular formula is C12H17NO3. The van der Waals surface area contributed by atoms with Crippen LogP contribution >= 0.6 is 0 Å². The Kier molecular flexibility index (Phi) is 4.79. The van der Waals surface area contributed by atoms with Crippen molar-refractivity contribution in [3.8, 4) is 5.75 Å². The number of aliphatic hydroxyl groups excluding tert-OH is 1. The lowest BCUT2D eigenvalue weighted by molar-refractivity contribution is -0.121. The summed E-state index contributed by atoms with van der Waals surface area (Å²) in [6.45, 7) is 2.31. The molecule has 0 bridgehead atoms. The highest BCUT2D eigenvalue weighted by Crippen LogP contribution is 2.18. The molecular weight excluding hydrogens is 206 g/mol. The van der Waals surface area contributed by atoms with Gasteiger partial charge in [-0.15, -0.1) is 0 Å². The van der Waals surface area contributed by atoms with Crippen LogP contribution in [0, 0.1) is 6.92 Å². The number of aliphatic hydroxyl groups is 1. The van der Waals surface area contributed by atoms with Gasteiger partial charge in [0.05, 0.1) is 13.7 Å². The highest BCUT2D eigenvalue weighted by atomic mass is 16.5. The molecule has 0 atom stereocenters. The number of rotatable bonds is 5. The minimum Gasteiger partial charge on any atom is -0.496 e. The maximum absolute atomic E-state index is 11.1. The van der Waals surface area contributed by atoms with Crippen molar-refractivity contribution in [3.05, 3.63) is 29.3 Å². The van der Waals surface area contributed by atoms with Gasteiger partial charge in [-0.25, -0.2) is 0 Å². The zero-order valence-corrected chi connectivity index (χ0v) is 9.62. The fourth-order valence-corrected chi connectivity index (χ4v) is 1.44. The van der Waals surface area contributed by atoms with Crippen molar-refractivity contribution >= 4 is 5.91 Å². The van der Waals surface area contributed by atoms with Crippen LogP contribution in [0.2, 0.25) is 0 Å². The topological polar surface area (TPSA) is 58.6 Å². The van der Waals surface area contributed by atoms with Crippen molar-refractivity contribution in [2.45, 2.75) is 19.9 Å². The van der Waals surface area contributed by atoms with E-state index in [1.165, 1.54) is 0 Å². The first-order valence-electron chi connectivity index (χ1n) is 5.18. The van der Waals surface area contributed by atoms with Crippen molar-refractivity contribution in [2.75, 3.05) is 13.7 Å². The molecule has 0 aliphatic carbocycles. The number of amides is 1. The van der Waals surface area contributed by atoms with E-state index in [4.69, 9.17) is 9.84 Å². The second kappa shape index (κ2) is 6.12. The SMILES string of the molecule is COc1ccc(CNC(=O)CCO)cc1C. The van der Waals surface area contributed by atoms with Crippen LogP contribution in [-0.4, -0.2) is 24.7 Å². The van der Waals surface area contributed by atoms with Crippen molar-refractivity contribution < 1.29 is 14.6 Å². The van der Waals surface area contributed by atoms with Crippen LogP contribution in [0.5, 0.6) is 5.75 Å². The summed E-state index contributed by atoms with van der Waals surface area (Å²) in [4.78, 5) is 11.1. The number of methoxy groups -OCH3 is 1. The predicted octanol–water partition coefficient (Wildman–Crippen LogP) is 1.00. The molecule has 1 amide bonds. The molecule has 0 spiro atoms. The molecule has 0 saturated heterocycles. The summed E-state index contributed by atoms with van der Waals surface area (Å²) >= 11 is 0. The summed E-state index contributed by atoms with van der Waals surface area (Å²) in [5, 5.41) is 11.3. The molecule has 4 nitrogen and oxygen atoms in total. The number of benzene rings is 1. The third-order valence-electron chi connectivity index (χ3n) is 2.29. The lowest BCUT2D eigenvalue weighted by Gasteiger charge is -2.08. The fraction of sp³-hybridized carbons (Fsp3) is 0.417. The van der Waals surface area contributed by atoms with Crippen LogP contribution in [0.15, 0.2) is 18.2 Å². The van der Waals surface area contributed by atoms with E-state index in [0.717, 1.165) is 16.9 Å². The molecule has 16 heavy (non-hydrogen) atoms. The van der Waals surface area contributed by atoms with E-state index in [9.17, 15) is 4.79 Å². The van der Waals surface area contributed by atoms with E-state index < -0.39 is 0 Å². The number of carbonyl (C=O) groups excluding carboxylic acids is 1. The second-order valence-electron chi connectivity index (χ2n) is 3.55. The van der Waals surface area contributed by atoms with E-state index in [1.54, 1.807) is 7.11 Å². The summed E-state index contributed by atoms with van der Waals surface area (Å²) in [5.74, 6) is 0.696. The number of nitrogens with one attached hydrogen (secondary N) is 1. The van der Waals surface area contributed by atoms with E-state index in [-0.39, 0.29) is 18.9 Å². The minimum absolute atomic E-state index is 0.118. The third kappa shape index (κ3) is 3.55. The van der Waals surface area contributed by atoms with Crippen molar-refractivity contribution in [1.82, 2.24) is 5.32 Å². The summed E-state index contributed by atoms with van der Waals surface area (Å²) < 4.78 is 5.14. The number of carbonyl (C=O) groups is 1. The first-order valence-corrected chi connectivity index (χ1v) is 5.18. The highest BCUT2D eigenvalue weighted by molar-refractivity contribution is 5.75. The van der Waals surface area contributed by atoms with Gasteiger partial charge < -0.3 is 15.2 Å². The van der Waals surface area contributed by atoms with Gasteiger partial charge in [0.1, 0.15) is 5.75 Å². The highest BCUT2D eigenvalue weighted by Gasteiger charge is 2.02. The van der Waals surface area contributed by atoms with Crippen molar-refractivity contribution in [3.63, 3.8) is 0 Å². The van der Waals surface area contributed by atoms with Crippen LogP contribution in [0.3, 0.4) is 0 Å². The molecule has 0 fully saturated rings. The van der Waals surface area contributed by atoms with E-state index in [1.807, 2.05) is 25.1 Å². The third-order valence-corrected chi connectivity index (χ3v) is 2.29. The van der Waals surface area contributed by atoms with Gasteiger partial charge in [-0.05, 0) is 24.1 Å². The molecule has 0 unspecified atom stereocenters. The molecule has 1 aromatic carbocycles. The molecule has 0 aromatic heterocycles. The van der Waals surface area contributed by atoms with Gasteiger partial charge in [0.15, 0.2) is 0 Å². The molecule has 4 heteroatoms. The van der Waals surface area contributed by atoms with Gasteiger partial charge in [-0.3, -0.25) is 4.79 Å². The van der Waals surface area contributed by atoms with Crippen molar-refractivity contribution in [1.29, 1.82) is 0 Å². The average Bonchev–Trinajstić information content (AvgIpc) is 2.27. The number of hydrogen-bond acceptors (Lipinski definition) is 3. The van der Waals surface area contributed by atoms with Crippen LogP contribution < -0.4 is 10.1 Å². The standard InChI is InChI=1S/C12H17NO3/c1-9-7-10(3-4-11(9)16-2)8-13-12(15)5-6-14/h3-4,7,14H,5-6,8H2,1-2H3,(H,13,15). The number of aryl methyl sites for hydroxylation is 1. The fourth-order valence-electron chi connectivity index (χ4n) is 1.44. The quantitative estimate of drug-likeness (QED) is 0.783. The van der Waals surface area contributed by atoms with Crippen LogP contribution in [0.25, 0.3) is 0 Å². The van der Waals surface area contributed by atoms with E-state index >= 15 is 0 Å². The first kappa shape index (κ1) is 12.5. The van der Waals surface area contributed by atoms with Gasteiger partial charge in [-0.2, -0.15) is 0 Å². The molecule has 0 heterocycles. The normalized spacial score (nSPS) is 9.94. The second-order valence-corrected chi connectivity index (χ2v) is 3.55. The summed E-state index contributed by atoms with van der Waals surface area (Å²) in [6.07, 6.45) is 0.148. The molecule has 88 valence electrons. The maximum Gasteiger partial charge on any atom is 0.222 e. The largest absolute Gasteiger partial charge is 0.496 e. The summed E-state index contributed by atoms with van der Waals surface area (Å²) in [7, 11) is 1.63. The summed E-state index contributed by atoms with van der Waals surface area (Å²) in [6, 6.07) is 5.76. The first-order chi connectivity index (χ1) is 7.67. The monoisotopic (exact) mass is 223 g/mol. The van der Waals surface area contributed by atoms with Gasteiger partial charge >= 0.3 is 0 Å². The van der Waals surface area contributed by atoms with E-state index in [2.05, 4.69) is 5.32 Å². The molecule has 0 aliphatic heterocycles. The zero-order chi connectivity index (χ0) is 12.0. The Bertz CT molecular complexity index is 363. The predicted molar refractivity (Wildman–Crippen MR) is 61.3 cm³/mol. The molecule has 2 N–H and O–H groups in total. The van der Waals surface area contributed by atoms with Crippen LogP contribution in [-0.2, 0) is 11.3 Å². The Balaban J connectivity index is 2.55. The Morgan fingerprint density at radius 3 is 2.81 bits per heavy atom. The number of hydrogen-bond donors (Lipinski definition) is 2. The van der Waals surface area contributed by atoms with Crippen molar-refractivity contribution in [2.24, 2.45) is 0 Å². The van der Waals surface area contributed by atoms with Gasteiger partial charge in [0.25, 0.3) is 0 Å². The Morgan fingerprint density at radius 1 is 1.50 bits per heavy atom. The Hall–Kier alpha value is -1.55. The minimum atomic E-state index is -0.143. The molecule has 1 aromatic rings. The smallest absolute Gasteiger partial charge is 0.222 e. The molecule has 1 rings (SSSR count). The lowest BCUT2D eigenvalue weighted by atomic mass is 10.1. The molecule has 0 radical (unpaired) electrons. The Morgan fingerprint density at radius 2 is 2.25 bits per heavy atom. The van der Waals surface area contributed by atoms with Gasteiger partial charge in [0.2, 0.25) is 5.91 Å². The number of ether oxygens (including phenoxy) is 1. The molecule has 0 aliphatic rings. The van der Waals surface area contributed by atoms with Crippen LogP contribution in [0.4, 0.5) is 0 Å². The summed E-state index contributed by atoms with van der Waals surface area (Å²) in [5.41, 5.74) is 2.06. The zero-order valence-electron chi connectivity index (χ0n) is 9.62. The Labute approximate surface area is 95.2 Å². The molecule has 0 saturated carbocycles. The lowest BCUT2D eigenvalue weighted by Crippen LogP contribution is -2.23. The van der Waals surface area contributed by atoms with E-state index in [0.29, 0.717) is 6.54 Å². The maximum atomic E-state index is 11.1. The van der Waals surface area contributed by atoms with Crippen LogP contribution in [0.1, 0.15) is 17.5 Å².